The number of ether oxygens (including phenoxy) is 1. The Bertz CT molecular complexity index is 554. The third-order valence-electron chi connectivity index (χ3n) is 3.19. The van der Waals surface area contributed by atoms with Gasteiger partial charge >= 0.3 is 0 Å². The van der Waals surface area contributed by atoms with Crippen LogP contribution in [-0.4, -0.2) is 14.2 Å². The summed E-state index contributed by atoms with van der Waals surface area (Å²) in [6, 6.07) is 7.83. The summed E-state index contributed by atoms with van der Waals surface area (Å²) in [4.78, 5) is 0. The molecule has 0 aliphatic rings. The fourth-order valence-corrected chi connectivity index (χ4v) is 2.58. The molecule has 1 aromatic heterocycles. The molecule has 4 heteroatoms. The first-order valence-electron chi connectivity index (χ1n) is 6.14. The number of aryl methyl sites for hydroxylation is 2. The van der Waals surface area contributed by atoms with E-state index >= 15 is 0 Å². The number of hydrogen-bond donors (Lipinski definition) is 1. The molecule has 1 heterocycles. The van der Waals surface area contributed by atoms with Gasteiger partial charge in [-0.2, -0.15) is 0 Å². The fraction of sp³-hybridized carbons (Fsp3) is 0.333. The van der Waals surface area contributed by atoms with E-state index in [1.165, 1.54) is 0 Å². The second-order valence-corrected chi connectivity index (χ2v) is 4.92. The molecule has 2 aromatic rings. The van der Waals surface area contributed by atoms with Crippen LogP contribution in [0, 0.1) is 13.8 Å². The topological polar surface area (TPSA) is 34.4 Å². The smallest absolute Gasteiger partial charge is 0.193 e. The van der Waals surface area contributed by atoms with Crippen molar-refractivity contribution in [2.75, 3.05) is 14.2 Å². The summed E-state index contributed by atoms with van der Waals surface area (Å²) in [5.41, 5.74) is 3.34. The zero-order valence-corrected chi connectivity index (χ0v) is 12.3. The second-order valence-electron chi connectivity index (χ2n) is 4.55. The third-order valence-corrected chi connectivity index (χ3v) is 3.39. The highest BCUT2D eigenvalue weighted by atomic mass is 35.5. The highest BCUT2D eigenvalue weighted by molar-refractivity contribution is 6.28. The zero-order chi connectivity index (χ0) is 14.0. The summed E-state index contributed by atoms with van der Waals surface area (Å²) < 4.78 is 10.9. The van der Waals surface area contributed by atoms with Crippen LogP contribution in [0.25, 0.3) is 0 Å². The molecule has 0 spiro atoms. The van der Waals surface area contributed by atoms with E-state index in [4.69, 9.17) is 20.8 Å². The van der Waals surface area contributed by atoms with E-state index < -0.39 is 0 Å². The SMILES string of the molecule is CNC(c1cc(C)c(OC)c(C)c1)c1ccc(Cl)o1. The van der Waals surface area contributed by atoms with Gasteiger partial charge in [0.2, 0.25) is 0 Å². The maximum absolute atomic E-state index is 5.84. The summed E-state index contributed by atoms with van der Waals surface area (Å²) in [5.74, 6) is 1.73. The van der Waals surface area contributed by atoms with Gasteiger partial charge in [0.1, 0.15) is 11.5 Å². The number of rotatable bonds is 4. The van der Waals surface area contributed by atoms with Crippen LogP contribution in [0.4, 0.5) is 0 Å². The standard InChI is InChI=1S/C15H18ClNO2/c1-9-7-11(8-10(2)15(9)18-4)14(17-3)12-5-6-13(16)19-12/h5-8,14,17H,1-4H3. The lowest BCUT2D eigenvalue weighted by atomic mass is 9.99. The molecule has 0 saturated heterocycles. The number of nitrogens with one attached hydrogen (secondary N) is 1. The molecule has 0 bridgehead atoms. The molecule has 1 atom stereocenters. The molecule has 2 rings (SSSR count). The zero-order valence-electron chi connectivity index (χ0n) is 11.6. The van der Waals surface area contributed by atoms with Crippen molar-refractivity contribution >= 4 is 11.6 Å². The molecular weight excluding hydrogens is 262 g/mol. The molecule has 1 unspecified atom stereocenters. The van der Waals surface area contributed by atoms with Crippen LogP contribution >= 0.6 is 11.6 Å². The Morgan fingerprint density at radius 1 is 1.21 bits per heavy atom. The van der Waals surface area contributed by atoms with Gasteiger partial charge in [0.05, 0.1) is 13.2 Å². The van der Waals surface area contributed by atoms with Crippen LogP contribution in [0.15, 0.2) is 28.7 Å². The first-order chi connectivity index (χ1) is 9.06. The van der Waals surface area contributed by atoms with Gasteiger partial charge < -0.3 is 14.5 Å². The van der Waals surface area contributed by atoms with E-state index in [1.807, 2.05) is 27.0 Å². The number of methoxy groups -OCH3 is 1. The van der Waals surface area contributed by atoms with Gasteiger partial charge in [0, 0.05) is 0 Å². The molecule has 1 N–H and O–H groups in total. The minimum Gasteiger partial charge on any atom is -0.496 e. The normalized spacial score (nSPS) is 12.5. The Hall–Kier alpha value is -1.45. The Morgan fingerprint density at radius 2 is 1.84 bits per heavy atom. The van der Waals surface area contributed by atoms with E-state index in [9.17, 15) is 0 Å². The van der Waals surface area contributed by atoms with Crippen LogP contribution in [0.1, 0.15) is 28.5 Å². The van der Waals surface area contributed by atoms with Crippen molar-refractivity contribution in [3.63, 3.8) is 0 Å². The summed E-state index contributed by atoms with van der Waals surface area (Å²) in [5, 5.41) is 3.65. The van der Waals surface area contributed by atoms with Gasteiger partial charge in [-0.1, -0.05) is 12.1 Å². The van der Waals surface area contributed by atoms with Gasteiger partial charge in [-0.15, -0.1) is 0 Å². The Kier molecular flexibility index (Phi) is 4.17. The summed E-state index contributed by atoms with van der Waals surface area (Å²) in [6.07, 6.45) is 0. The lowest BCUT2D eigenvalue weighted by Gasteiger charge is -2.17. The molecule has 1 aromatic carbocycles. The summed E-state index contributed by atoms with van der Waals surface area (Å²) >= 11 is 5.84. The van der Waals surface area contributed by atoms with Crippen molar-refractivity contribution in [1.29, 1.82) is 0 Å². The van der Waals surface area contributed by atoms with Crippen LogP contribution in [-0.2, 0) is 0 Å². The van der Waals surface area contributed by atoms with E-state index in [0.717, 1.165) is 28.2 Å². The average molecular weight is 280 g/mol. The predicted molar refractivity (Wildman–Crippen MR) is 77.1 cm³/mol. The Labute approximate surface area is 118 Å². The third kappa shape index (κ3) is 2.77. The molecule has 0 radical (unpaired) electrons. The molecule has 3 nitrogen and oxygen atoms in total. The quantitative estimate of drug-likeness (QED) is 0.923. The maximum atomic E-state index is 5.84. The largest absolute Gasteiger partial charge is 0.496 e. The molecule has 0 aliphatic heterocycles. The minimum absolute atomic E-state index is 0.0178. The first kappa shape index (κ1) is 14.0. The van der Waals surface area contributed by atoms with Crippen LogP contribution in [0.3, 0.4) is 0 Å². The van der Waals surface area contributed by atoms with Gasteiger partial charge in [-0.25, -0.2) is 0 Å². The van der Waals surface area contributed by atoms with E-state index in [2.05, 4.69) is 17.4 Å². The average Bonchev–Trinajstić information content (AvgIpc) is 2.76. The fourth-order valence-electron chi connectivity index (χ4n) is 2.43. The van der Waals surface area contributed by atoms with Crippen molar-refractivity contribution in [3.8, 4) is 5.75 Å². The van der Waals surface area contributed by atoms with E-state index in [1.54, 1.807) is 13.2 Å². The Morgan fingerprint density at radius 3 is 2.26 bits per heavy atom. The monoisotopic (exact) mass is 279 g/mol. The van der Waals surface area contributed by atoms with Crippen LogP contribution in [0.5, 0.6) is 5.75 Å². The van der Waals surface area contributed by atoms with Crippen LogP contribution < -0.4 is 10.1 Å². The van der Waals surface area contributed by atoms with Gasteiger partial charge in [0.15, 0.2) is 5.22 Å². The second kappa shape index (κ2) is 5.68. The highest BCUT2D eigenvalue weighted by Crippen LogP contribution is 2.31. The number of benzene rings is 1. The molecule has 0 amide bonds. The molecular formula is C15H18ClNO2. The molecule has 0 aliphatic carbocycles. The number of halogens is 1. The van der Waals surface area contributed by atoms with Gasteiger partial charge in [-0.3, -0.25) is 0 Å². The van der Waals surface area contributed by atoms with E-state index in [-0.39, 0.29) is 6.04 Å². The maximum Gasteiger partial charge on any atom is 0.193 e. The van der Waals surface area contributed by atoms with Crippen molar-refractivity contribution in [2.24, 2.45) is 0 Å². The minimum atomic E-state index is -0.0178. The van der Waals surface area contributed by atoms with Gasteiger partial charge in [0.25, 0.3) is 0 Å². The van der Waals surface area contributed by atoms with Crippen molar-refractivity contribution in [2.45, 2.75) is 19.9 Å². The van der Waals surface area contributed by atoms with Crippen molar-refractivity contribution < 1.29 is 9.15 Å². The highest BCUT2D eigenvalue weighted by Gasteiger charge is 2.18. The number of furan rings is 1. The number of hydrogen-bond acceptors (Lipinski definition) is 3. The lowest BCUT2D eigenvalue weighted by Crippen LogP contribution is -2.17. The summed E-state index contributed by atoms with van der Waals surface area (Å²) in [6.45, 7) is 4.08. The summed E-state index contributed by atoms with van der Waals surface area (Å²) in [7, 11) is 3.59. The van der Waals surface area contributed by atoms with Crippen molar-refractivity contribution in [1.82, 2.24) is 5.32 Å². The van der Waals surface area contributed by atoms with E-state index in [0.29, 0.717) is 5.22 Å². The molecule has 0 fully saturated rings. The van der Waals surface area contributed by atoms with Gasteiger partial charge in [-0.05, 0) is 61.3 Å². The lowest BCUT2D eigenvalue weighted by molar-refractivity contribution is 0.407. The predicted octanol–water partition coefficient (Wildman–Crippen LogP) is 3.87. The molecule has 19 heavy (non-hydrogen) atoms. The van der Waals surface area contributed by atoms with Crippen molar-refractivity contribution in [3.05, 3.63) is 51.9 Å². The molecule has 0 saturated carbocycles. The molecule has 102 valence electrons. The Balaban J connectivity index is 2.44. The van der Waals surface area contributed by atoms with Crippen LogP contribution in [0.2, 0.25) is 5.22 Å². The first-order valence-corrected chi connectivity index (χ1v) is 6.52.